The van der Waals surface area contributed by atoms with Gasteiger partial charge in [0.15, 0.2) is 5.78 Å². The molecule has 0 spiro atoms. The first-order valence-corrected chi connectivity index (χ1v) is 9.03. The summed E-state index contributed by atoms with van der Waals surface area (Å²) in [7, 11) is 0. The van der Waals surface area contributed by atoms with Crippen LogP contribution >= 0.6 is 0 Å². The molecule has 0 aliphatic carbocycles. The van der Waals surface area contributed by atoms with Crippen molar-refractivity contribution >= 4 is 16.8 Å². The van der Waals surface area contributed by atoms with E-state index in [-0.39, 0.29) is 23.8 Å². The van der Waals surface area contributed by atoms with Crippen molar-refractivity contribution in [2.24, 2.45) is 0 Å². The number of benzene rings is 2. The Morgan fingerprint density at radius 2 is 1.81 bits per heavy atom. The van der Waals surface area contributed by atoms with Crippen molar-refractivity contribution in [3.8, 4) is 0 Å². The third kappa shape index (κ3) is 4.27. The van der Waals surface area contributed by atoms with E-state index in [4.69, 9.17) is 4.42 Å². The highest BCUT2D eigenvalue weighted by molar-refractivity contribution is 5.98. The largest absolute Gasteiger partial charge is 0.422 e. The number of carbonyl (C=O) groups is 1. The van der Waals surface area contributed by atoms with Gasteiger partial charge < -0.3 is 9.73 Å². The van der Waals surface area contributed by atoms with Gasteiger partial charge in [0, 0.05) is 17.8 Å². The van der Waals surface area contributed by atoms with Crippen molar-refractivity contribution in [3.63, 3.8) is 0 Å². The molecule has 1 heterocycles. The third-order valence-electron chi connectivity index (χ3n) is 4.45. The average molecular weight is 349 g/mol. The molecule has 1 aromatic heterocycles. The summed E-state index contributed by atoms with van der Waals surface area (Å²) in [4.78, 5) is 25.1. The second kappa shape index (κ2) is 8.59. The Balaban J connectivity index is 1.85. The monoisotopic (exact) mass is 349 g/mol. The first kappa shape index (κ1) is 18.1. The fourth-order valence-corrected chi connectivity index (χ4v) is 3.00. The van der Waals surface area contributed by atoms with Gasteiger partial charge in [-0.15, -0.1) is 0 Å². The number of carbonyl (C=O) groups excluding carboxylic acids is 1. The lowest BCUT2D eigenvalue weighted by Gasteiger charge is -2.18. The van der Waals surface area contributed by atoms with E-state index in [1.807, 2.05) is 42.5 Å². The predicted molar refractivity (Wildman–Crippen MR) is 104 cm³/mol. The van der Waals surface area contributed by atoms with Crippen molar-refractivity contribution in [3.05, 3.63) is 82.2 Å². The fourth-order valence-electron chi connectivity index (χ4n) is 3.00. The van der Waals surface area contributed by atoms with E-state index in [2.05, 4.69) is 12.2 Å². The van der Waals surface area contributed by atoms with Crippen LogP contribution in [-0.4, -0.2) is 12.3 Å². The number of Topliss-reactive ketones (excluding diaryl/α,β-unsaturated/α-hetero) is 1. The van der Waals surface area contributed by atoms with Crippen molar-refractivity contribution in [1.29, 1.82) is 0 Å². The van der Waals surface area contributed by atoms with E-state index >= 15 is 0 Å². The van der Waals surface area contributed by atoms with E-state index in [9.17, 15) is 9.59 Å². The molecule has 1 atom stereocenters. The van der Waals surface area contributed by atoms with Crippen molar-refractivity contribution in [2.75, 3.05) is 6.54 Å². The van der Waals surface area contributed by atoms with Crippen LogP contribution < -0.4 is 10.9 Å². The van der Waals surface area contributed by atoms with Gasteiger partial charge in [0.05, 0.1) is 0 Å². The van der Waals surface area contributed by atoms with Crippen molar-refractivity contribution < 1.29 is 9.21 Å². The Kier molecular flexibility index (Phi) is 5.97. The van der Waals surface area contributed by atoms with Crippen molar-refractivity contribution in [1.82, 2.24) is 5.32 Å². The number of rotatable bonds is 8. The lowest BCUT2D eigenvalue weighted by molar-refractivity contribution is 0.0965. The molecule has 134 valence electrons. The summed E-state index contributed by atoms with van der Waals surface area (Å²) in [6.07, 6.45) is 2.34. The maximum Gasteiger partial charge on any atom is 0.347 e. The van der Waals surface area contributed by atoms with Crippen LogP contribution in [0.25, 0.3) is 11.0 Å². The van der Waals surface area contributed by atoms with Gasteiger partial charge in [0.1, 0.15) is 11.1 Å². The van der Waals surface area contributed by atoms with E-state index in [1.165, 1.54) is 0 Å². The highest BCUT2D eigenvalue weighted by atomic mass is 16.4. The number of fused-ring (bicyclic) bond motifs is 1. The van der Waals surface area contributed by atoms with Gasteiger partial charge in [-0.3, -0.25) is 4.79 Å². The molecular weight excluding hydrogens is 326 g/mol. The van der Waals surface area contributed by atoms with E-state index in [0.717, 1.165) is 30.3 Å². The van der Waals surface area contributed by atoms with E-state index in [1.54, 1.807) is 18.2 Å². The van der Waals surface area contributed by atoms with Gasteiger partial charge in [-0.1, -0.05) is 61.9 Å². The van der Waals surface area contributed by atoms with E-state index < -0.39 is 5.63 Å². The Morgan fingerprint density at radius 1 is 1.08 bits per heavy atom. The summed E-state index contributed by atoms with van der Waals surface area (Å²) in [5, 5.41) is 4.20. The Bertz CT molecular complexity index is 931. The molecule has 0 aliphatic heterocycles. The molecule has 4 heteroatoms. The smallest absolute Gasteiger partial charge is 0.347 e. The topological polar surface area (TPSA) is 59.3 Å². The minimum atomic E-state index is -0.575. The Morgan fingerprint density at radius 3 is 2.58 bits per heavy atom. The number of hydrogen-bond acceptors (Lipinski definition) is 4. The number of ketones is 1. The molecule has 0 amide bonds. The Hall–Kier alpha value is -2.72. The molecule has 2 aromatic carbocycles. The zero-order valence-electron chi connectivity index (χ0n) is 14.9. The fraction of sp³-hybridized carbons (Fsp3) is 0.273. The molecule has 1 N–H and O–H groups in total. The van der Waals surface area contributed by atoms with Gasteiger partial charge in [-0.05, 0) is 30.7 Å². The first-order valence-electron chi connectivity index (χ1n) is 9.03. The maximum absolute atomic E-state index is 12.8. The molecule has 3 aromatic rings. The average Bonchev–Trinajstić information content (AvgIpc) is 2.67. The molecule has 26 heavy (non-hydrogen) atoms. The lowest BCUT2D eigenvalue weighted by atomic mass is 9.98. The summed E-state index contributed by atoms with van der Waals surface area (Å²) >= 11 is 0. The minimum Gasteiger partial charge on any atom is -0.422 e. The number of nitrogens with one attached hydrogen (secondary N) is 1. The summed E-state index contributed by atoms with van der Waals surface area (Å²) < 4.78 is 5.30. The molecule has 0 fully saturated rings. The number of unbranched alkanes of at least 4 members (excludes halogenated alkanes) is 1. The SMILES string of the molecule is CCCCNC(CC(=O)c1cc2ccccc2oc1=O)c1ccccc1. The van der Waals surface area contributed by atoms with Gasteiger partial charge in [0.25, 0.3) is 0 Å². The molecule has 0 saturated carbocycles. The number of hydrogen-bond donors (Lipinski definition) is 1. The van der Waals surface area contributed by atoms with E-state index in [0.29, 0.717) is 5.58 Å². The van der Waals surface area contributed by atoms with Crippen LogP contribution in [0.4, 0.5) is 0 Å². The minimum absolute atomic E-state index is 0.113. The van der Waals surface area contributed by atoms with Gasteiger partial charge in [0.2, 0.25) is 0 Å². The standard InChI is InChI=1S/C22H23NO3/c1-2-3-13-23-19(16-9-5-4-6-10-16)15-20(24)18-14-17-11-7-8-12-21(17)26-22(18)25/h4-12,14,19,23H,2-3,13,15H2,1H3. The summed E-state index contributed by atoms with van der Waals surface area (Å²) in [6.45, 7) is 2.96. The highest BCUT2D eigenvalue weighted by Crippen LogP contribution is 2.20. The summed E-state index contributed by atoms with van der Waals surface area (Å²) in [5.41, 5.74) is 1.08. The van der Waals surface area contributed by atoms with Crippen LogP contribution in [0.1, 0.15) is 48.1 Å². The van der Waals surface area contributed by atoms with Gasteiger partial charge in [-0.2, -0.15) is 0 Å². The molecule has 1 unspecified atom stereocenters. The maximum atomic E-state index is 12.8. The van der Waals surface area contributed by atoms with Crippen LogP contribution in [0.3, 0.4) is 0 Å². The predicted octanol–water partition coefficient (Wildman–Crippen LogP) is 4.50. The van der Waals surface area contributed by atoms with Crippen LogP contribution in [0.2, 0.25) is 0 Å². The normalized spacial score (nSPS) is 12.2. The quantitative estimate of drug-likeness (QED) is 0.370. The molecule has 0 saturated heterocycles. The van der Waals surface area contributed by atoms with Crippen LogP contribution in [-0.2, 0) is 0 Å². The van der Waals surface area contributed by atoms with Crippen LogP contribution in [0, 0.1) is 0 Å². The molecule has 3 rings (SSSR count). The summed E-state index contributed by atoms with van der Waals surface area (Å²) in [6, 6.07) is 18.6. The lowest BCUT2D eigenvalue weighted by Crippen LogP contribution is -2.26. The molecule has 0 aliphatic rings. The van der Waals surface area contributed by atoms with Crippen LogP contribution in [0.15, 0.2) is 69.9 Å². The first-order chi connectivity index (χ1) is 12.7. The van der Waals surface area contributed by atoms with Crippen molar-refractivity contribution in [2.45, 2.75) is 32.2 Å². The highest BCUT2D eigenvalue weighted by Gasteiger charge is 2.20. The number of para-hydroxylation sites is 1. The third-order valence-corrected chi connectivity index (χ3v) is 4.45. The summed E-state index contributed by atoms with van der Waals surface area (Å²) in [5.74, 6) is -0.206. The molecule has 4 nitrogen and oxygen atoms in total. The second-order valence-corrected chi connectivity index (χ2v) is 6.38. The van der Waals surface area contributed by atoms with Crippen LogP contribution in [0.5, 0.6) is 0 Å². The molecular formula is C22H23NO3. The van der Waals surface area contributed by atoms with Gasteiger partial charge >= 0.3 is 5.63 Å². The molecule has 0 bridgehead atoms. The zero-order valence-corrected chi connectivity index (χ0v) is 14.9. The zero-order chi connectivity index (χ0) is 18.4. The van der Waals surface area contributed by atoms with Gasteiger partial charge in [-0.25, -0.2) is 4.79 Å². The molecule has 0 radical (unpaired) electrons. The second-order valence-electron chi connectivity index (χ2n) is 6.38. The Labute approximate surface area is 152 Å².